The molecule has 114 valence electrons. The number of rotatable bonds is 2. The molecule has 0 aliphatic carbocycles. The highest BCUT2D eigenvalue weighted by Gasteiger charge is 2.24. The average Bonchev–Trinajstić information content (AvgIpc) is 2.60. The first-order valence-electron chi connectivity index (χ1n) is 7.81. The van der Waals surface area contributed by atoms with Crippen LogP contribution < -0.4 is 10.2 Å². The number of hydrogen-bond acceptors (Lipinski definition) is 5. The molecule has 1 aromatic carbocycles. The molecule has 0 amide bonds. The van der Waals surface area contributed by atoms with E-state index in [2.05, 4.69) is 40.7 Å². The topological polar surface area (TPSA) is 41.1 Å². The van der Waals surface area contributed by atoms with Gasteiger partial charge in [0.05, 0.1) is 5.69 Å². The molecule has 1 N–H and O–H groups in total. The lowest BCUT2D eigenvalue weighted by Gasteiger charge is -2.32. The van der Waals surface area contributed by atoms with Crippen molar-refractivity contribution in [2.45, 2.75) is 31.1 Å². The van der Waals surface area contributed by atoms with Gasteiger partial charge in [-0.1, -0.05) is 36.0 Å². The summed E-state index contributed by atoms with van der Waals surface area (Å²) in [5, 5.41) is 4.36. The van der Waals surface area contributed by atoms with Crippen LogP contribution in [0.15, 0.2) is 29.4 Å². The highest BCUT2D eigenvalue weighted by atomic mass is 32.2. The molecule has 1 aromatic heterocycles. The van der Waals surface area contributed by atoms with Gasteiger partial charge in [-0.2, -0.15) is 0 Å². The van der Waals surface area contributed by atoms with Gasteiger partial charge in [0.1, 0.15) is 5.82 Å². The Morgan fingerprint density at radius 2 is 2.00 bits per heavy atom. The van der Waals surface area contributed by atoms with Gasteiger partial charge in [-0.05, 0) is 23.8 Å². The predicted octanol–water partition coefficient (Wildman–Crippen LogP) is 2.41. The molecule has 4 rings (SSSR count). The van der Waals surface area contributed by atoms with Gasteiger partial charge in [-0.25, -0.2) is 9.97 Å². The maximum absolute atomic E-state index is 4.84. The lowest BCUT2D eigenvalue weighted by atomic mass is 9.99. The lowest BCUT2D eigenvalue weighted by molar-refractivity contribution is 0.605. The van der Waals surface area contributed by atoms with E-state index in [0.717, 1.165) is 50.0 Å². The maximum Gasteiger partial charge on any atom is 0.189 e. The van der Waals surface area contributed by atoms with Crippen LogP contribution in [0.1, 0.15) is 22.4 Å². The normalized spacial score (nSPS) is 17.0. The van der Waals surface area contributed by atoms with Crippen LogP contribution in [0.4, 0.5) is 5.82 Å². The minimum atomic E-state index is 0.886. The maximum atomic E-state index is 4.84. The molecule has 0 saturated heterocycles. The first kappa shape index (κ1) is 14.0. The second kappa shape index (κ2) is 5.89. The standard InChI is InChI=1S/C17H20N4S/c1-22-17-19-15-6-8-18-10-14(15)16(20-17)21-9-7-12-4-2-3-5-13(12)11-21/h2-5,18H,6-11H2,1H3. The Morgan fingerprint density at radius 1 is 1.14 bits per heavy atom. The zero-order valence-electron chi connectivity index (χ0n) is 12.8. The summed E-state index contributed by atoms with van der Waals surface area (Å²) in [4.78, 5) is 12.0. The van der Waals surface area contributed by atoms with Crippen molar-refractivity contribution in [3.05, 3.63) is 46.6 Å². The Labute approximate surface area is 135 Å². The Morgan fingerprint density at radius 3 is 2.86 bits per heavy atom. The van der Waals surface area contributed by atoms with Gasteiger partial charge in [0.15, 0.2) is 5.16 Å². The SMILES string of the molecule is CSc1nc2c(c(N3CCc4ccccc4C3)n1)CNCC2. The quantitative estimate of drug-likeness (QED) is 0.681. The summed E-state index contributed by atoms with van der Waals surface area (Å²) in [5.41, 5.74) is 5.43. The Hall–Kier alpha value is -1.59. The van der Waals surface area contributed by atoms with Crippen molar-refractivity contribution < 1.29 is 0 Å². The van der Waals surface area contributed by atoms with Gasteiger partial charge in [-0.3, -0.25) is 0 Å². The number of fused-ring (bicyclic) bond motifs is 2. The number of benzene rings is 1. The third kappa shape index (κ3) is 2.48. The molecular formula is C17H20N4S. The zero-order chi connectivity index (χ0) is 14.9. The monoisotopic (exact) mass is 312 g/mol. The molecule has 2 aliphatic rings. The van der Waals surface area contributed by atoms with E-state index in [1.807, 2.05) is 0 Å². The first-order valence-corrected chi connectivity index (χ1v) is 9.04. The number of aromatic nitrogens is 2. The number of anilines is 1. The van der Waals surface area contributed by atoms with Crippen LogP contribution in [0.5, 0.6) is 0 Å². The summed E-state index contributed by atoms with van der Waals surface area (Å²) in [6.45, 7) is 3.89. The first-order chi connectivity index (χ1) is 10.8. The fourth-order valence-electron chi connectivity index (χ4n) is 3.33. The molecular weight excluding hydrogens is 292 g/mol. The highest BCUT2D eigenvalue weighted by molar-refractivity contribution is 7.98. The van der Waals surface area contributed by atoms with Gasteiger partial charge in [0, 0.05) is 38.2 Å². The lowest BCUT2D eigenvalue weighted by Crippen LogP contribution is -2.34. The van der Waals surface area contributed by atoms with Crippen LogP contribution in [-0.2, 0) is 25.9 Å². The fraction of sp³-hybridized carbons (Fsp3) is 0.412. The van der Waals surface area contributed by atoms with Crippen LogP contribution in [0, 0.1) is 0 Å². The van der Waals surface area contributed by atoms with Gasteiger partial charge in [-0.15, -0.1) is 0 Å². The van der Waals surface area contributed by atoms with Crippen molar-refractivity contribution in [3.63, 3.8) is 0 Å². The molecule has 3 heterocycles. The molecule has 0 bridgehead atoms. The van der Waals surface area contributed by atoms with Crippen LogP contribution in [0.2, 0.25) is 0 Å². The Balaban J connectivity index is 1.73. The molecule has 5 heteroatoms. The van der Waals surface area contributed by atoms with Crippen molar-refractivity contribution >= 4 is 17.6 Å². The van der Waals surface area contributed by atoms with Crippen molar-refractivity contribution in [3.8, 4) is 0 Å². The van der Waals surface area contributed by atoms with Crippen LogP contribution in [0.3, 0.4) is 0 Å². The predicted molar refractivity (Wildman–Crippen MR) is 90.4 cm³/mol. The Kier molecular flexibility index (Phi) is 3.76. The largest absolute Gasteiger partial charge is 0.352 e. The van der Waals surface area contributed by atoms with Crippen molar-refractivity contribution in [2.24, 2.45) is 0 Å². The summed E-state index contributed by atoms with van der Waals surface area (Å²) in [5.74, 6) is 1.14. The minimum Gasteiger partial charge on any atom is -0.352 e. The van der Waals surface area contributed by atoms with E-state index in [0.29, 0.717) is 0 Å². The van der Waals surface area contributed by atoms with E-state index in [1.54, 1.807) is 11.8 Å². The molecule has 2 aliphatic heterocycles. The number of hydrogen-bond donors (Lipinski definition) is 1. The molecule has 0 radical (unpaired) electrons. The van der Waals surface area contributed by atoms with Gasteiger partial charge in [0.25, 0.3) is 0 Å². The number of nitrogens with one attached hydrogen (secondary N) is 1. The molecule has 22 heavy (non-hydrogen) atoms. The smallest absolute Gasteiger partial charge is 0.189 e. The molecule has 0 unspecified atom stereocenters. The number of thioether (sulfide) groups is 1. The zero-order valence-corrected chi connectivity index (χ0v) is 13.6. The summed E-state index contributed by atoms with van der Waals surface area (Å²) in [7, 11) is 0. The molecule has 4 nitrogen and oxygen atoms in total. The fourth-order valence-corrected chi connectivity index (χ4v) is 3.71. The van der Waals surface area contributed by atoms with Gasteiger partial charge in [0.2, 0.25) is 0 Å². The average molecular weight is 312 g/mol. The van der Waals surface area contributed by atoms with E-state index < -0.39 is 0 Å². The molecule has 0 saturated carbocycles. The van der Waals surface area contributed by atoms with Crippen LogP contribution in [-0.4, -0.2) is 29.3 Å². The third-order valence-electron chi connectivity index (χ3n) is 4.50. The molecule has 0 spiro atoms. The van der Waals surface area contributed by atoms with Crippen molar-refractivity contribution in [2.75, 3.05) is 24.2 Å². The molecule has 0 fully saturated rings. The van der Waals surface area contributed by atoms with Crippen molar-refractivity contribution in [1.29, 1.82) is 0 Å². The Bertz CT molecular complexity index is 701. The van der Waals surface area contributed by atoms with E-state index in [-0.39, 0.29) is 0 Å². The molecule has 0 atom stereocenters. The van der Waals surface area contributed by atoms with Gasteiger partial charge >= 0.3 is 0 Å². The van der Waals surface area contributed by atoms with E-state index in [1.165, 1.54) is 22.4 Å². The summed E-state index contributed by atoms with van der Waals surface area (Å²) >= 11 is 1.64. The van der Waals surface area contributed by atoms with E-state index in [4.69, 9.17) is 9.97 Å². The third-order valence-corrected chi connectivity index (χ3v) is 5.05. The van der Waals surface area contributed by atoms with Gasteiger partial charge < -0.3 is 10.2 Å². The van der Waals surface area contributed by atoms with E-state index >= 15 is 0 Å². The number of nitrogens with zero attached hydrogens (tertiary/aromatic N) is 3. The summed E-state index contributed by atoms with van der Waals surface area (Å²) in [6, 6.07) is 8.75. The molecule has 2 aromatic rings. The second-order valence-corrected chi connectivity index (χ2v) is 6.60. The second-order valence-electron chi connectivity index (χ2n) is 5.83. The van der Waals surface area contributed by atoms with E-state index in [9.17, 15) is 0 Å². The van der Waals surface area contributed by atoms with Crippen molar-refractivity contribution in [1.82, 2.24) is 15.3 Å². The highest BCUT2D eigenvalue weighted by Crippen LogP contribution is 2.30. The van der Waals surface area contributed by atoms with Crippen LogP contribution >= 0.6 is 11.8 Å². The summed E-state index contributed by atoms with van der Waals surface area (Å²) in [6.07, 6.45) is 4.15. The van der Waals surface area contributed by atoms with Crippen LogP contribution in [0.25, 0.3) is 0 Å². The summed E-state index contributed by atoms with van der Waals surface area (Å²) < 4.78 is 0. The minimum absolute atomic E-state index is 0.886.